The number of carbonyl (C=O) groups excluding carboxylic acids is 1. The van der Waals surface area contributed by atoms with Crippen LogP contribution in [0.5, 0.6) is 0 Å². The number of thiazole rings is 1. The summed E-state index contributed by atoms with van der Waals surface area (Å²) in [7, 11) is 0. The minimum Gasteiger partial charge on any atom is -0.387 e. The number of rotatable bonds is 6. The molecule has 0 aliphatic heterocycles. The zero-order chi connectivity index (χ0) is 15.9. The first-order valence-corrected chi connectivity index (χ1v) is 8.20. The molecule has 1 unspecified atom stereocenters. The van der Waals surface area contributed by atoms with Crippen molar-refractivity contribution in [3.05, 3.63) is 46.5 Å². The van der Waals surface area contributed by atoms with Crippen molar-refractivity contribution in [1.82, 2.24) is 10.3 Å². The second-order valence-electron chi connectivity index (χ2n) is 5.16. The number of aromatic nitrogens is 1. The molecule has 2 amide bonds. The summed E-state index contributed by atoms with van der Waals surface area (Å²) >= 11 is 1.40. The van der Waals surface area contributed by atoms with Crippen LogP contribution in [0.25, 0.3) is 0 Å². The van der Waals surface area contributed by atoms with Gasteiger partial charge in [0.05, 0.1) is 11.8 Å². The van der Waals surface area contributed by atoms with Crippen LogP contribution in [0.2, 0.25) is 0 Å². The molecule has 5 nitrogen and oxygen atoms in total. The molecule has 0 aliphatic carbocycles. The molecule has 0 radical (unpaired) electrons. The number of aliphatic hydroxyl groups is 1. The normalized spacial score (nSPS) is 12.0. The number of amides is 2. The number of aliphatic hydroxyl groups excluding tert-OH is 1. The van der Waals surface area contributed by atoms with Gasteiger partial charge in [-0.3, -0.25) is 5.32 Å². The van der Waals surface area contributed by atoms with E-state index < -0.39 is 6.10 Å². The van der Waals surface area contributed by atoms with E-state index in [1.54, 1.807) is 0 Å². The fourth-order valence-electron chi connectivity index (χ4n) is 1.97. The zero-order valence-corrected chi connectivity index (χ0v) is 13.6. The number of anilines is 1. The smallest absolute Gasteiger partial charge is 0.321 e. The van der Waals surface area contributed by atoms with Gasteiger partial charge in [-0.15, -0.1) is 11.3 Å². The van der Waals surface area contributed by atoms with Crippen molar-refractivity contribution in [2.24, 2.45) is 0 Å². The summed E-state index contributed by atoms with van der Waals surface area (Å²) in [4.78, 5) is 16.1. The van der Waals surface area contributed by atoms with Crippen LogP contribution in [-0.4, -0.2) is 22.7 Å². The Bertz CT molecular complexity index is 610. The summed E-state index contributed by atoms with van der Waals surface area (Å²) in [6.07, 6.45) is 1.21. The Morgan fingerprint density at radius 1 is 1.36 bits per heavy atom. The zero-order valence-electron chi connectivity index (χ0n) is 12.8. The van der Waals surface area contributed by atoms with E-state index in [4.69, 9.17) is 0 Å². The van der Waals surface area contributed by atoms with E-state index in [1.165, 1.54) is 11.3 Å². The summed E-state index contributed by atoms with van der Waals surface area (Å²) in [5, 5.41) is 17.9. The van der Waals surface area contributed by atoms with Gasteiger partial charge in [0.15, 0.2) is 5.13 Å². The minimum atomic E-state index is -0.724. The lowest BCUT2D eigenvalue weighted by molar-refractivity contribution is 0.175. The Hall–Kier alpha value is -1.92. The molecule has 2 rings (SSSR count). The molecule has 118 valence electrons. The average Bonchev–Trinajstić information content (AvgIpc) is 2.93. The molecule has 22 heavy (non-hydrogen) atoms. The van der Waals surface area contributed by atoms with E-state index in [0.717, 1.165) is 29.7 Å². The fourth-order valence-corrected chi connectivity index (χ4v) is 2.71. The average molecular weight is 319 g/mol. The molecule has 0 bridgehead atoms. The molecule has 1 atom stereocenters. The maximum Gasteiger partial charge on any atom is 0.321 e. The van der Waals surface area contributed by atoms with Crippen LogP contribution in [0.3, 0.4) is 0 Å². The van der Waals surface area contributed by atoms with Crippen LogP contribution in [0, 0.1) is 6.92 Å². The SMILES string of the molecule is CCCc1csc(NC(=O)NCC(O)c2ccc(C)cc2)n1. The van der Waals surface area contributed by atoms with Gasteiger partial charge in [-0.2, -0.15) is 0 Å². The Morgan fingerprint density at radius 2 is 2.09 bits per heavy atom. The largest absolute Gasteiger partial charge is 0.387 e. The van der Waals surface area contributed by atoms with Crippen LogP contribution in [0.1, 0.15) is 36.3 Å². The van der Waals surface area contributed by atoms with E-state index in [1.807, 2.05) is 36.6 Å². The summed E-state index contributed by atoms with van der Waals surface area (Å²) in [5.41, 5.74) is 2.90. The fraction of sp³-hybridized carbons (Fsp3) is 0.375. The maximum absolute atomic E-state index is 11.8. The number of nitrogens with one attached hydrogen (secondary N) is 2. The molecule has 1 aromatic heterocycles. The molecule has 0 saturated carbocycles. The predicted octanol–water partition coefficient (Wildman–Crippen LogP) is 3.26. The molecule has 2 aromatic rings. The van der Waals surface area contributed by atoms with Crippen molar-refractivity contribution in [3.8, 4) is 0 Å². The molecule has 0 saturated heterocycles. The van der Waals surface area contributed by atoms with E-state index in [0.29, 0.717) is 5.13 Å². The van der Waals surface area contributed by atoms with Gasteiger partial charge in [0.1, 0.15) is 0 Å². The number of nitrogens with zero attached hydrogens (tertiary/aromatic N) is 1. The lowest BCUT2D eigenvalue weighted by Gasteiger charge is -2.12. The lowest BCUT2D eigenvalue weighted by atomic mass is 10.1. The lowest BCUT2D eigenvalue weighted by Crippen LogP contribution is -2.32. The monoisotopic (exact) mass is 319 g/mol. The summed E-state index contributed by atoms with van der Waals surface area (Å²) < 4.78 is 0. The molecule has 0 fully saturated rings. The van der Waals surface area contributed by atoms with Crippen molar-refractivity contribution in [3.63, 3.8) is 0 Å². The molecule has 0 spiro atoms. The number of carbonyl (C=O) groups is 1. The molecule has 1 heterocycles. The van der Waals surface area contributed by atoms with E-state index >= 15 is 0 Å². The third kappa shape index (κ3) is 4.82. The maximum atomic E-state index is 11.8. The van der Waals surface area contributed by atoms with Crippen LogP contribution >= 0.6 is 11.3 Å². The van der Waals surface area contributed by atoms with Gasteiger partial charge >= 0.3 is 6.03 Å². The van der Waals surface area contributed by atoms with Gasteiger partial charge < -0.3 is 10.4 Å². The van der Waals surface area contributed by atoms with Crippen molar-refractivity contribution >= 4 is 22.5 Å². The number of aryl methyl sites for hydroxylation is 2. The van der Waals surface area contributed by atoms with Gasteiger partial charge in [0.25, 0.3) is 0 Å². The summed E-state index contributed by atoms with van der Waals surface area (Å²) in [6.45, 7) is 4.23. The second-order valence-corrected chi connectivity index (χ2v) is 6.01. The van der Waals surface area contributed by atoms with Crippen molar-refractivity contribution in [1.29, 1.82) is 0 Å². The number of hydrogen-bond acceptors (Lipinski definition) is 4. The van der Waals surface area contributed by atoms with Crippen molar-refractivity contribution in [2.75, 3.05) is 11.9 Å². The molecule has 0 aliphatic rings. The van der Waals surface area contributed by atoms with E-state index in [9.17, 15) is 9.90 Å². The quantitative estimate of drug-likeness (QED) is 0.765. The molecule has 6 heteroatoms. The molecular weight excluding hydrogens is 298 g/mol. The van der Waals surface area contributed by atoms with Gasteiger partial charge in [-0.05, 0) is 18.9 Å². The molecular formula is C16H21N3O2S. The predicted molar refractivity (Wildman–Crippen MR) is 89.3 cm³/mol. The van der Waals surface area contributed by atoms with Crippen LogP contribution in [0.4, 0.5) is 9.93 Å². The third-order valence-corrected chi connectivity index (χ3v) is 4.00. The number of benzene rings is 1. The van der Waals surface area contributed by atoms with Gasteiger partial charge in [0.2, 0.25) is 0 Å². The second kappa shape index (κ2) is 7.91. The van der Waals surface area contributed by atoms with Crippen LogP contribution in [0.15, 0.2) is 29.6 Å². The summed E-state index contributed by atoms with van der Waals surface area (Å²) in [6, 6.07) is 7.23. The van der Waals surface area contributed by atoms with Gasteiger partial charge in [0, 0.05) is 11.9 Å². The highest BCUT2D eigenvalue weighted by molar-refractivity contribution is 7.13. The highest BCUT2D eigenvalue weighted by atomic mass is 32.1. The molecule has 1 aromatic carbocycles. The standard InChI is InChI=1S/C16H21N3O2S/c1-3-4-13-10-22-16(18-13)19-15(21)17-9-14(20)12-7-5-11(2)6-8-12/h5-8,10,14,20H,3-4,9H2,1-2H3,(H2,17,18,19,21). The van der Waals surface area contributed by atoms with Gasteiger partial charge in [-0.25, -0.2) is 9.78 Å². The minimum absolute atomic E-state index is 0.155. The topological polar surface area (TPSA) is 74.2 Å². The van der Waals surface area contributed by atoms with E-state index in [-0.39, 0.29) is 12.6 Å². The van der Waals surface area contributed by atoms with Crippen LogP contribution < -0.4 is 10.6 Å². The Balaban J connectivity index is 1.80. The first-order chi connectivity index (χ1) is 10.6. The van der Waals surface area contributed by atoms with Crippen molar-refractivity contribution < 1.29 is 9.90 Å². The number of urea groups is 1. The third-order valence-electron chi connectivity index (χ3n) is 3.20. The van der Waals surface area contributed by atoms with E-state index in [2.05, 4.69) is 22.5 Å². The summed E-state index contributed by atoms with van der Waals surface area (Å²) in [5.74, 6) is 0. The van der Waals surface area contributed by atoms with Crippen LogP contribution in [-0.2, 0) is 6.42 Å². The first kappa shape index (κ1) is 16.5. The number of hydrogen-bond donors (Lipinski definition) is 3. The Kier molecular flexibility index (Phi) is 5.91. The molecule has 3 N–H and O–H groups in total. The van der Waals surface area contributed by atoms with Crippen molar-refractivity contribution in [2.45, 2.75) is 32.8 Å². The Labute approximate surface area is 134 Å². The first-order valence-electron chi connectivity index (χ1n) is 7.32. The highest BCUT2D eigenvalue weighted by Crippen LogP contribution is 2.16. The van der Waals surface area contributed by atoms with Gasteiger partial charge in [-0.1, -0.05) is 43.2 Å². The Morgan fingerprint density at radius 3 is 2.77 bits per heavy atom. The highest BCUT2D eigenvalue weighted by Gasteiger charge is 2.10.